The van der Waals surface area contributed by atoms with Crippen LogP contribution in [0.4, 0.5) is 0 Å². The molecule has 0 spiro atoms. The molecular formula is C15H26O2. The third-order valence-corrected chi connectivity index (χ3v) is 2.02. The fourth-order valence-electron chi connectivity index (χ4n) is 1.08. The zero-order valence-electron chi connectivity index (χ0n) is 12.3. The summed E-state index contributed by atoms with van der Waals surface area (Å²) < 4.78 is 4.88. The number of benzene rings is 1. The summed E-state index contributed by atoms with van der Waals surface area (Å²) in [5.74, 6) is -0.245. The SMILES string of the molecule is CC.CC.CCOC(=O)c1ccc(C)c(C)c1. The Morgan fingerprint density at radius 3 is 2.00 bits per heavy atom. The molecule has 0 bridgehead atoms. The zero-order chi connectivity index (χ0) is 13.8. The first kappa shape index (κ1) is 18.1. The summed E-state index contributed by atoms with van der Waals surface area (Å²) >= 11 is 0. The lowest BCUT2D eigenvalue weighted by Gasteiger charge is -2.04. The van der Waals surface area contributed by atoms with Crippen molar-refractivity contribution in [3.8, 4) is 0 Å². The molecule has 1 aromatic carbocycles. The molecule has 0 aliphatic rings. The van der Waals surface area contributed by atoms with Gasteiger partial charge in [-0.25, -0.2) is 4.79 Å². The van der Waals surface area contributed by atoms with Crippen molar-refractivity contribution < 1.29 is 9.53 Å². The predicted octanol–water partition coefficient (Wildman–Crippen LogP) is 4.53. The second-order valence-corrected chi connectivity index (χ2v) is 3.02. The van der Waals surface area contributed by atoms with Gasteiger partial charge >= 0.3 is 5.97 Å². The van der Waals surface area contributed by atoms with Crippen LogP contribution in [0.2, 0.25) is 0 Å². The Morgan fingerprint density at radius 1 is 1.06 bits per heavy atom. The molecule has 1 rings (SSSR count). The first-order valence-electron chi connectivity index (χ1n) is 6.39. The van der Waals surface area contributed by atoms with E-state index in [1.54, 1.807) is 13.0 Å². The van der Waals surface area contributed by atoms with Crippen LogP contribution in [0, 0.1) is 13.8 Å². The van der Waals surface area contributed by atoms with Gasteiger partial charge in [0.15, 0.2) is 0 Å². The number of rotatable bonds is 2. The lowest BCUT2D eigenvalue weighted by atomic mass is 10.1. The molecule has 2 nitrogen and oxygen atoms in total. The molecule has 0 saturated heterocycles. The zero-order valence-corrected chi connectivity index (χ0v) is 12.3. The van der Waals surface area contributed by atoms with Gasteiger partial charge in [0, 0.05) is 0 Å². The summed E-state index contributed by atoms with van der Waals surface area (Å²) in [5.41, 5.74) is 2.93. The van der Waals surface area contributed by atoms with Crippen LogP contribution in [0.3, 0.4) is 0 Å². The average Bonchev–Trinajstić information content (AvgIpc) is 2.38. The van der Waals surface area contributed by atoms with Crippen LogP contribution in [-0.4, -0.2) is 12.6 Å². The third kappa shape index (κ3) is 6.77. The molecule has 1 aromatic rings. The van der Waals surface area contributed by atoms with Gasteiger partial charge in [0.05, 0.1) is 12.2 Å². The third-order valence-electron chi connectivity index (χ3n) is 2.02. The van der Waals surface area contributed by atoms with Crippen molar-refractivity contribution in [3.05, 3.63) is 34.9 Å². The highest BCUT2D eigenvalue weighted by molar-refractivity contribution is 5.89. The maximum atomic E-state index is 11.3. The molecule has 0 fully saturated rings. The Balaban J connectivity index is 0. The van der Waals surface area contributed by atoms with E-state index in [0.717, 1.165) is 5.56 Å². The summed E-state index contributed by atoms with van der Waals surface area (Å²) in [7, 11) is 0. The fourth-order valence-corrected chi connectivity index (χ4v) is 1.08. The van der Waals surface area contributed by atoms with E-state index in [2.05, 4.69) is 0 Å². The van der Waals surface area contributed by atoms with E-state index in [4.69, 9.17) is 4.74 Å². The number of carbonyl (C=O) groups is 1. The van der Waals surface area contributed by atoms with E-state index < -0.39 is 0 Å². The molecular weight excluding hydrogens is 212 g/mol. The van der Waals surface area contributed by atoms with Gasteiger partial charge in [-0.3, -0.25) is 0 Å². The molecule has 0 amide bonds. The summed E-state index contributed by atoms with van der Waals surface area (Å²) in [6.45, 7) is 14.2. The summed E-state index contributed by atoms with van der Waals surface area (Å²) in [6, 6.07) is 5.58. The molecule has 0 radical (unpaired) electrons. The standard InChI is InChI=1S/C11H14O2.2C2H6/c1-4-13-11(12)10-6-5-8(2)9(3)7-10;2*1-2/h5-7H,4H2,1-3H3;2*1-2H3. The number of aryl methyl sites for hydroxylation is 2. The summed E-state index contributed by atoms with van der Waals surface area (Å²) in [4.78, 5) is 11.3. The lowest BCUT2D eigenvalue weighted by molar-refractivity contribution is 0.0526. The number of esters is 1. The van der Waals surface area contributed by atoms with Crippen LogP contribution in [-0.2, 0) is 4.74 Å². The van der Waals surface area contributed by atoms with E-state index >= 15 is 0 Å². The molecule has 17 heavy (non-hydrogen) atoms. The van der Waals surface area contributed by atoms with E-state index in [-0.39, 0.29) is 5.97 Å². The normalized spacial score (nSPS) is 8.18. The van der Waals surface area contributed by atoms with Gasteiger partial charge in [-0.2, -0.15) is 0 Å². The minimum absolute atomic E-state index is 0.245. The van der Waals surface area contributed by atoms with Crippen molar-refractivity contribution in [1.82, 2.24) is 0 Å². The molecule has 0 aliphatic heterocycles. The molecule has 0 unspecified atom stereocenters. The van der Waals surface area contributed by atoms with Crippen molar-refractivity contribution in [3.63, 3.8) is 0 Å². The minimum Gasteiger partial charge on any atom is -0.462 e. The van der Waals surface area contributed by atoms with E-state index in [9.17, 15) is 4.79 Å². The largest absolute Gasteiger partial charge is 0.462 e. The van der Waals surface area contributed by atoms with Gasteiger partial charge in [-0.15, -0.1) is 0 Å². The Kier molecular flexibility index (Phi) is 11.9. The first-order chi connectivity index (χ1) is 8.15. The Hall–Kier alpha value is -1.31. The van der Waals surface area contributed by atoms with Crippen LogP contribution >= 0.6 is 0 Å². The molecule has 0 heterocycles. The summed E-state index contributed by atoms with van der Waals surface area (Å²) in [5, 5.41) is 0. The highest BCUT2D eigenvalue weighted by Gasteiger charge is 2.06. The second kappa shape index (κ2) is 11.2. The Labute approximate surface area is 106 Å². The maximum Gasteiger partial charge on any atom is 0.338 e. The van der Waals surface area contributed by atoms with E-state index in [1.165, 1.54) is 5.56 Å². The van der Waals surface area contributed by atoms with Gasteiger partial charge in [-0.1, -0.05) is 33.8 Å². The molecule has 0 atom stereocenters. The topological polar surface area (TPSA) is 26.3 Å². The fraction of sp³-hybridized carbons (Fsp3) is 0.533. The van der Waals surface area contributed by atoms with Gasteiger partial charge in [-0.05, 0) is 44.0 Å². The van der Waals surface area contributed by atoms with Crippen LogP contribution < -0.4 is 0 Å². The average molecular weight is 238 g/mol. The highest BCUT2D eigenvalue weighted by atomic mass is 16.5. The molecule has 0 saturated carbocycles. The van der Waals surface area contributed by atoms with Gasteiger partial charge in [0.1, 0.15) is 0 Å². The summed E-state index contributed by atoms with van der Waals surface area (Å²) in [6.07, 6.45) is 0. The van der Waals surface area contributed by atoms with Gasteiger partial charge in [0.2, 0.25) is 0 Å². The highest BCUT2D eigenvalue weighted by Crippen LogP contribution is 2.10. The van der Waals surface area contributed by atoms with Crippen molar-refractivity contribution in [2.75, 3.05) is 6.61 Å². The molecule has 0 aromatic heterocycles. The van der Waals surface area contributed by atoms with Crippen LogP contribution in [0.1, 0.15) is 56.1 Å². The monoisotopic (exact) mass is 238 g/mol. The number of hydrogen-bond acceptors (Lipinski definition) is 2. The molecule has 0 aliphatic carbocycles. The molecule has 2 heteroatoms. The van der Waals surface area contributed by atoms with E-state index in [1.807, 2.05) is 53.7 Å². The number of carbonyl (C=O) groups excluding carboxylic acids is 1. The quantitative estimate of drug-likeness (QED) is 0.707. The minimum atomic E-state index is -0.245. The van der Waals surface area contributed by atoms with E-state index in [0.29, 0.717) is 12.2 Å². The number of ether oxygens (including phenoxy) is 1. The lowest BCUT2D eigenvalue weighted by Crippen LogP contribution is -2.04. The van der Waals surface area contributed by atoms with Gasteiger partial charge < -0.3 is 4.74 Å². The smallest absolute Gasteiger partial charge is 0.338 e. The van der Waals surface area contributed by atoms with Crippen LogP contribution in [0.5, 0.6) is 0 Å². The first-order valence-corrected chi connectivity index (χ1v) is 6.39. The Morgan fingerprint density at radius 2 is 1.59 bits per heavy atom. The van der Waals surface area contributed by atoms with Crippen LogP contribution in [0.15, 0.2) is 18.2 Å². The second-order valence-electron chi connectivity index (χ2n) is 3.02. The molecule has 0 N–H and O–H groups in total. The maximum absolute atomic E-state index is 11.3. The van der Waals surface area contributed by atoms with Crippen molar-refractivity contribution in [2.45, 2.75) is 48.5 Å². The van der Waals surface area contributed by atoms with Crippen LogP contribution in [0.25, 0.3) is 0 Å². The number of hydrogen-bond donors (Lipinski definition) is 0. The van der Waals surface area contributed by atoms with Crippen molar-refractivity contribution in [2.24, 2.45) is 0 Å². The predicted molar refractivity (Wildman–Crippen MR) is 74.6 cm³/mol. The van der Waals surface area contributed by atoms with Crippen molar-refractivity contribution in [1.29, 1.82) is 0 Å². The Bertz CT molecular complexity index is 317. The van der Waals surface area contributed by atoms with Crippen molar-refractivity contribution >= 4 is 5.97 Å². The molecule has 98 valence electrons. The van der Waals surface area contributed by atoms with Gasteiger partial charge in [0.25, 0.3) is 0 Å².